The van der Waals surface area contributed by atoms with Crippen LogP contribution in [0, 0.1) is 0 Å². The molecule has 0 spiro atoms. The molecule has 0 saturated carbocycles. The van der Waals surface area contributed by atoms with Gasteiger partial charge in [-0.05, 0) is 15.4 Å². The van der Waals surface area contributed by atoms with Crippen LogP contribution in [-0.4, -0.2) is 56.6 Å². The van der Waals surface area contributed by atoms with Gasteiger partial charge in [0.25, 0.3) is 8.32 Å². The Labute approximate surface area is 195 Å². The Balaban J connectivity index is 2.00. The largest absolute Gasteiger partial charge is 0.455 e. The lowest BCUT2D eigenvalue weighted by molar-refractivity contribution is -0.174. The quantitative estimate of drug-likeness (QED) is 0.488. The van der Waals surface area contributed by atoms with E-state index >= 15 is 0 Å². The second-order valence-electron chi connectivity index (χ2n) is 9.19. The van der Waals surface area contributed by atoms with Crippen molar-refractivity contribution in [3.05, 3.63) is 60.7 Å². The maximum atomic E-state index is 11.8. The molecule has 3 rings (SSSR count). The minimum Gasteiger partial charge on any atom is -0.455 e. The fraction of sp³-hybridized carbons (Fsp3) is 0.440. The van der Waals surface area contributed by atoms with Crippen LogP contribution in [0.5, 0.6) is 0 Å². The van der Waals surface area contributed by atoms with Gasteiger partial charge in [-0.2, -0.15) is 0 Å². The minimum absolute atomic E-state index is 0.0417. The Morgan fingerprint density at radius 2 is 1.33 bits per heavy atom. The molecular formula is C25H32O7Si. The molecule has 7 nitrogen and oxygen atoms in total. The van der Waals surface area contributed by atoms with Crippen molar-refractivity contribution in [1.29, 1.82) is 0 Å². The van der Waals surface area contributed by atoms with Gasteiger partial charge in [0, 0.05) is 13.8 Å². The zero-order valence-corrected chi connectivity index (χ0v) is 20.7. The first-order valence-electron chi connectivity index (χ1n) is 11.0. The number of benzene rings is 2. The second-order valence-corrected chi connectivity index (χ2v) is 13.5. The first-order valence-corrected chi connectivity index (χ1v) is 12.9. The maximum absolute atomic E-state index is 11.8. The molecule has 0 amide bonds. The van der Waals surface area contributed by atoms with Crippen molar-refractivity contribution >= 4 is 30.6 Å². The van der Waals surface area contributed by atoms with E-state index in [0.717, 1.165) is 10.4 Å². The van der Waals surface area contributed by atoms with E-state index in [1.807, 2.05) is 36.4 Å². The summed E-state index contributed by atoms with van der Waals surface area (Å²) in [6.07, 6.45) is -4.35. The molecule has 1 heterocycles. The third kappa shape index (κ3) is 5.35. The Morgan fingerprint density at radius 1 is 0.879 bits per heavy atom. The number of ether oxygens (including phenoxy) is 3. The van der Waals surface area contributed by atoms with Crippen LogP contribution >= 0.6 is 0 Å². The lowest BCUT2D eigenvalue weighted by Gasteiger charge is -2.43. The van der Waals surface area contributed by atoms with Gasteiger partial charge in [0.15, 0.2) is 18.5 Å². The van der Waals surface area contributed by atoms with Crippen LogP contribution in [0.15, 0.2) is 60.7 Å². The molecule has 1 N–H and O–H groups in total. The number of hydrogen-bond acceptors (Lipinski definition) is 7. The molecular weight excluding hydrogens is 440 g/mol. The molecule has 1 saturated heterocycles. The van der Waals surface area contributed by atoms with E-state index in [4.69, 9.17) is 18.6 Å². The summed E-state index contributed by atoms with van der Waals surface area (Å²) in [5.41, 5.74) is 0. The summed E-state index contributed by atoms with van der Waals surface area (Å²) >= 11 is 0. The molecule has 33 heavy (non-hydrogen) atoms. The third-order valence-electron chi connectivity index (χ3n) is 5.77. The van der Waals surface area contributed by atoms with Crippen molar-refractivity contribution < 1.29 is 33.3 Å². The van der Waals surface area contributed by atoms with Crippen molar-refractivity contribution in [2.45, 2.75) is 64.3 Å². The Kier molecular flexibility index (Phi) is 7.74. The van der Waals surface area contributed by atoms with Gasteiger partial charge in [0.1, 0.15) is 6.10 Å². The fourth-order valence-electron chi connectivity index (χ4n) is 4.46. The molecule has 1 aliphatic heterocycles. The van der Waals surface area contributed by atoms with Gasteiger partial charge in [-0.3, -0.25) is 9.59 Å². The van der Waals surface area contributed by atoms with Gasteiger partial charge in [-0.15, -0.1) is 0 Å². The summed E-state index contributed by atoms with van der Waals surface area (Å²) < 4.78 is 23.1. The topological polar surface area (TPSA) is 91.3 Å². The zero-order chi connectivity index (χ0) is 24.2. The average Bonchev–Trinajstić information content (AvgIpc) is 3.02. The van der Waals surface area contributed by atoms with Gasteiger partial charge in [-0.1, -0.05) is 81.4 Å². The lowest BCUT2D eigenvalue weighted by atomic mass is 10.1. The normalized spacial score (nSPS) is 23.2. The average molecular weight is 473 g/mol. The minimum atomic E-state index is -2.87. The summed E-state index contributed by atoms with van der Waals surface area (Å²) in [4.78, 5) is 23.3. The Bertz CT molecular complexity index is 903. The van der Waals surface area contributed by atoms with Crippen molar-refractivity contribution in [1.82, 2.24) is 0 Å². The van der Waals surface area contributed by atoms with Crippen LogP contribution < -0.4 is 10.4 Å². The highest BCUT2D eigenvalue weighted by atomic mass is 28.4. The molecule has 0 aromatic heterocycles. The van der Waals surface area contributed by atoms with E-state index in [9.17, 15) is 14.7 Å². The van der Waals surface area contributed by atoms with E-state index in [2.05, 4.69) is 45.0 Å². The number of esters is 2. The first-order chi connectivity index (χ1) is 15.6. The third-order valence-corrected chi connectivity index (χ3v) is 10.8. The monoisotopic (exact) mass is 472 g/mol. The number of hydrogen-bond donors (Lipinski definition) is 1. The van der Waals surface area contributed by atoms with E-state index in [0.29, 0.717) is 0 Å². The molecule has 1 unspecified atom stereocenters. The predicted octanol–water partition coefficient (Wildman–Crippen LogP) is 2.14. The summed E-state index contributed by atoms with van der Waals surface area (Å²) in [5.74, 6) is -1.17. The molecule has 1 aliphatic rings. The molecule has 0 bridgehead atoms. The summed E-state index contributed by atoms with van der Waals surface area (Å²) in [6.45, 7) is 8.97. The Hall–Kier alpha value is -2.52. The highest BCUT2D eigenvalue weighted by Crippen LogP contribution is 2.37. The van der Waals surface area contributed by atoms with E-state index < -0.39 is 44.9 Å². The van der Waals surface area contributed by atoms with Crippen LogP contribution in [0.1, 0.15) is 34.6 Å². The molecule has 8 heteroatoms. The van der Waals surface area contributed by atoms with Crippen LogP contribution in [0.4, 0.5) is 0 Å². The summed E-state index contributed by atoms with van der Waals surface area (Å²) in [5, 5.41) is 12.3. The van der Waals surface area contributed by atoms with Gasteiger partial charge in [0.2, 0.25) is 0 Å². The molecule has 0 aliphatic carbocycles. The summed E-state index contributed by atoms with van der Waals surface area (Å²) in [7, 11) is -2.87. The number of aliphatic hydroxyl groups excluding tert-OH is 1. The molecule has 178 valence electrons. The molecule has 2 aromatic rings. The van der Waals surface area contributed by atoms with Crippen LogP contribution in [-0.2, 0) is 28.2 Å². The van der Waals surface area contributed by atoms with Crippen molar-refractivity contribution in [3.8, 4) is 0 Å². The standard InChI is InChI=1S/C25H32O7Si/c1-17(26)30-22-21(32-24(28)23(22)31-18(2)27)16-29-33(25(3,4)5,19-12-8-6-9-13-19)20-14-10-7-11-15-20/h6-15,21-24,28H,16H2,1-5H3/t21-,22-,23+,24?/m1/s1. The van der Waals surface area contributed by atoms with Crippen LogP contribution in [0.2, 0.25) is 5.04 Å². The number of aliphatic hydroxyl groups is 1. The van der Waals surface area contributed by atoms with Crippen LogP contribution in [0.3, 0.4) is 0 Å². The summed E-state index contributed by atoms with van der Waals surface area (Å²) in [6, 6.07) is 20.2. The fourth-order valence-corrected chi connectivity index (χ4v) is 9.03. The number of carbonyl (C=O) groups is 2. The van der Waals surface area contributed by atoms with Gasteiger partial charge < -0.3 is 23.7 Å². The van der Waals surface area contributed by atoms with E-state index in [-0.39, 0.29) is 11.6 Å². The number of carbonyl (C=O) groups excluding carboxylic acids is 2. The SMILES string of the molecule is CC(=O)O[C@H]1[C@H](OC(C)=O)C(O)O[C@@H]1CO[Si](c1ccccc1)(c1ccccc1)C(C)(C)C. The van der Waals surface area contributed by atoms with Gasteiger partial charge in [-0.25, -0.2) is 0 Å². The van der Waals surface area contributed by atoms with E-state index in [1.54, 1.807) is 0 Å². The zero-order valence-electron chi connectivity index (χ0n) is 19.7. The van der Waals surface area contributed by atoms with Crippen molar-refractivity contribution in [2.75, 3.05) is 6.61 Å². The van der Waals surface area contributed by atoms with Crippen molar-refractivity contribution in [2.24, 2.45) is 0 Å². The predicted molar refractivity (Wildman–Crippen MR) is 126 cm³/mol. The molecule has 2 aromatic carbocycles. The van der Waals surface area contributed by atoms with Crippen molar-refractivity contribution in [3.63, 3.8) is 0 Å². The van der Waals surface area contributed by atoms with E-state index in [1.165, 1.54) is 13.8 Å². The van der Waals surface area contributed by atoms with Gasteiger partial charge in [0.05, 0.1) is 6.61 Å². The second kappa shape index (κ2) is 10.2. The molecule has 0 radical (unpaired) electrons. The maximum Gasteiger partial charge on any atom is 0.303 e. The Morgan fingerprint density at radius 3 is 1.76 bits per heavy atom. The lowest BCUT2D eigenvalue weighted by Crippen LogP contribution is -2.67. The highest BCUT2D eigenvalue weighted by Gasteiger charge is 2.53. The van der Waals surface area contributed by atoms with Gasteiger partial charge >= 0.3 is 11.9 Å². The smallest absolute Gasteiger partial charge is 0.303 e. The molecule has 4 atom stereocenters. The molecule has 1 fully saturated rings. The van der Waals surface area contributed by atoms with Crippen LogP contribution in [0.25, 0.3) is 0 Å². The first kappa shape index (κ1) is 25.1. The highest BCUT2D eigenvalue weighted by molar-refractivity contribution is 6.99. The number of rotatable bonds is 7.